The van der Waals surface area contributed by atoms with Crippen LogP contribution >= 0.6 is 11.6 Å². The number of nitrogens with zero attached hydrogens (tertiary/aromatic N) is 8. The summed E-state index contributed by atoms with van der Waals surface area (Å²) in [4.78, 5) is 46.7. The van der Waals surface area contributed by atoms with Gasteiger partial charge in [-0.25, -0.2) is 10.1 Å². The van der Waals surface area contributed by atoms with Crippen molar-refractivity contribution in [3.8, 4) is 22.5 Å². The molecule has 238 valence electrons. The molecule has 18 heteroatoms. The van der Waals surface area contributed by atoms with Crippen molar-refractivity contribution in [2.24, 2.45) is 0 Å². The molecule has 2 heterocycles. The van der Waals surface area contributed by atoms with Crippen molar-refractivity contribution < 1.29 is 80.8 Å². The van der Waals surface area contributed by atoms with Crippen LogP contribution in [0.5, 0.6) is 0 Å². The predicted molar refractivity (Wildman–Crippen MR) is 157 cm³/mol. The second-order valence-corrected chi connectivity index (χ2v) is 10.3. The van der Waals surface area contributed by atoms with Crippen LogP contribution in [-0.2, 0) is 38.8 Å². The Morgan fingerprint density at radius 2 is 1.80 bits per heavy atom. The van der Waals surface area contributed by atoms with Gasteiger partial charge < -0.3 is 24.1 Å². The molecule has 46 heavy (non-hydrogen) atoms. The quantitative estimate of drug-likeness (QED) is 0.0632. The zero-order valence-corrected chi connectivity index (χ0v) is 29.2. The number of ether oxygens (including phenoxy) is 1. The third-order valence-corrected chi connectivity index (χ3v) is 7.13. The van der Waals surface area contributed by atoms with Gasteiger partial charge in [-0.05, 0) is 36.0 Å². The number of carbonyl (C=O) groups excluding carboxylic acids is 1. The molecule has 2 aromatic carbocycles. The summed E-state index contributed by atoms with van der Waals surface area (Å²) in [5, 5.41) is 34.3. The topological polar surface area (TPSA) is 202 Å². The van der Waals surface area contributed by atoms with Crippen LogP contribution in [0.4, 0.5) is 0 Å². The molecule has 4 rings (SSSR count). The number of hydrogen-bond acceptors (Lipinski definition) is 12. The summed E-state index contributed by atoms with van der Waals surface area (Å²) in [6.07, 6.45) is 1.31. The normalized spacial score (nSPS) is 11.3. The van der Waals surface area contributed by atoms with Gasteiger partial charge in [-0.15, -0.1) is 20.2 Å². The minimum atomic E-state index is -1.20. The van der Waals surface area contributed by atoms with Crippen LogP contribution in [0.15, 0.2) is 48.5 Å². The standard InChI is InChI=1S/C28H30ClN8O8.K/c1-2-3-10-25-30-27(29)24(18-43-26(38)11-6-7-21(45-37(41)42)17-44-36(39)40)35(25)16-19-12-14-20(15-13-19)22-8-4-5-9-23(22)28-31-33-34-32-28;/h4-5,8-9,12-15,21H,2-3,6-7,10-11,16-18H2,1H3;/q-1;+1/t21-;/m1./s1. The van der Waals surface area contributed by atoms with E-state index < -0.39 is 28.9 Å². The van der Waals surface area contributed by atoms with Crippen LogP contribution in [0, 0.1) is 20.2 Å². The summed E-state index contributed by atoms with van der Waals surface area (Å²) in [5.41, 5.74) is 4.21. The first kappa shape index (κ1) is 37.0. The van der Waals surface area contributed by atoms with Gasteiger partial charge >= 0.3 is 57.4 Å². The number of halogens is 1. The zero-order chi connectivity index (χ0) is 32.2. The number of unbranched alkanes of at least 4 members (excludes halogenated alkanes) is 1. The van der Waals surface area contributed by atoms with Crippen LogP contribution in [0.1, 0.15) is 56.1 Å². The van der Waals surface area contributed by atoms with E-state index >= 15 is 0 Å². The number of carbonyl (C=O) groups is 1. The van der Waals surface area contributed by atoms with Crippen molar-refractivity contribution in [1.82, 2.24) is 30.2 Å². The molecule has 16 nitrogen and oxygen atoms in total. The van der Waals surface area contributed by atoms with Gasteiger partial charge in [0, 0.05) is 24.9 Å². The molecule has 0 amide bonds. The third kappa shape index (κ3) is 10.8. The summed E-state index contributed by atoms with van der Waals surface area (Å²) in [6, 6.07) is 15.7. The predicted octanol–water partition coefficient (Wildman–Crippen LogP) is 1.41. The minimum absolute atomic E-state index is 0. The van der Waals surface area contributed by atoms with E-state index in [1.54, 1.807) is 0 Å². The summed E-state index contributed by atoms with van der Waals surface area (Å²) >= 11 is 6.51. The number of imidazole rings is 1. The Hall–Kier alpha value is -3.48. The Morgan fingerprint density at radius 1 is 1.07 bits per heavy atom. The van der Waals surface area contributed by atoms with Crippen LogP contribution < -0.4 is 56.6 Å². The van der Waals surface area contributed by atoms with E-state index in [4.69, 9.17) is 16.3 Å². The monoisotopic (exact) mass is 680 g/mol. The average molecular weight is 681 g/mol. The molecule has 0 bridgehead atoms. The summed E-state index contributed by atoms with van der Waals surface area (Å²) < 4.78 is 7.41. The van der Waals surface area contributed by atoms with Crippen molar-refractivity contribution in [3.05, 3.63) is 91.0 Å². The number of aryl methyl sites for hydroxylation is 1. The average Bonchev–Trinajstić information content (AvgIpc) is 3.66. The fraction of sp³-hybridized carbons (Fsp3) is 0.393. The maximum atomic E-state index is 12.5. The SMILES string of the molecule is CCCCc1nc(Cl)c(COC(=O)CCC[C@H](CO[N+](=O)[O-])O[N+](=O)[O-])n1Cc1ccc(-c2ccccc2-c2nn[n-]n2)cc1.[K+]. The molecule has 1 atom stereocenters. The largest absolute Gasteiger partial charge is 1.00 e. The maximum Gasteiger partial charge on any atom is 1.00 e. The molecule has 0 N–H and O–H groups in total. The summed E-state index contributed by atoms with van der Waals surface area (Å²) in [6.45, 7) is 1.74. The van der Waals surface area contributed by atoms with Crippen LogP contribution in [-0.4, -0.2) is 53.8 Å². The van der Waals surface area contributed by atoms with E-state index in [0.29, 0.717) is 24.5 Å². The van der Waals surface area contributed by atoms with Crippen molar-refractivity contribution in [1.29, 1.82) is 0 Å². The van der Waals surface area contributed by atoms with Crippen molar-refractivity contribution in [2.45, 2.75) is 64.7 Å². The summed E-state index contributed by atoms with van der Waals surface area (Å²) in [5.74, 6) is 0.628. The molecule has 0 aliphatic carbocycles. The number of benzene rings is 2. The maximum absolute atomic E-state index is 12.5. The van der Waals surface area contributed by atoms with Crippen molar-refractivity contribution >= 4 is 17.6 Å². The molecule has 0 saturated carbocycles. The number of tetrazole rings is 1. The first-order chi connectivity index (χ1) is 21.7. The second kappa shape index (κ2) is 18.6. The molecule has 0 saturated heterocycles. The van der Waals surface area contributed by atoms with Crippen molar-refractivity contribution in [3.63, 3.8) is 0 Å². The van der Waals surface area contributed by atoms with E-state index in [1.165, 1.54) is 0 Å². The molecule has 0 spiro atoms. The van der Waals surface area contributed by atoms with Crippen LogP contribution in [0.3, 0.4) is 0 Å². The van der Waals surface area contributed by atoms with Gasteiger partial charge in [0.25, 0.3) is 10.2 Å². The van der Waals surface area contributed by atoms with E-state index in [1.807, 2.05) is 53.1 Å². The molecular formula is C28H30ClKN8O8. The first-order valence-corrected chi connectivity index (χ1v) is 14.5. The Balaban J connectivity index is 0.00000576. The molecular weight excluding hydrogens is 651 g/mol. The van der Waals surface area contributed by atoms with Gasteiger partial charge in [0.1, 0.15) is 25.1 Å². The Morgan fingerprint density at radius 3 is 2.46 bits per heavy atom. The Kier molecular flexibility index (Phi) is 15.0. The molecule has 0 radical (unpaired) electrons. The smallest absolute Gasteiger partial charge is 0.459 e. The van der Waals surface area contributed by atoms with E-state index in [9.17, 15) is 25.0 Å². The molecule has 0 fully saturated rings. The van der Waals surface area contributed by atoms with Gasteiger partial charge in [0.15, 0.2) is 5.15 Å². The van der Waals surface area contributed by atoms with Crippen LogP contribution in [0.2, 0.25) is 5.15 Å². The van der Waals surface area contributed by atoms with Gasteiger partial charge in [-0.2, -0.15) is 0 Å². The molecule has 0 aliphatic rings. The molecule has 0 aliphatic heterocycles. The van der Waals surface area contributed by atoms with E-state index in [2.05, 4.69) is 42.2 Å². The fourth-order valence-electron chi connectivity index (χ4n) is 4.64. The van der Waals surface area contributed by atoms with Gasteiger partial charge in [-0.3, -0.25) is 15.2 Å². The third-order valence-electron chi connectivity index (χ3n) is 6.83. The number of rotatable bonds is 18. The zero-order valence-electron chi connectivity index (χ0n) is 25.3. The summed E-state index contributed by atoms with van der Waals surface area (Å²) in [7, 11) is 0. The van der Waals surface area contributed by atoms with Gasteiger partial charge in [-0.1, -0.05) is 73.5 Å². The minimum Gasteiger partial charge on any atom is -0.459 e. The fourth-order valence-corrected chi connectivity index (χ4v) is 4.89. The molecule has 0 unspecified atom stereocenters. The van der Waals surface area contributed by atoms with Crippen LogP contribution in [0.25, 0.3) is 22.5 Å². The van der Waals surface area contributed by atoms with Crippen molar-refractivity contribution in [2.75, 3.05) is 6.61 Å². The van der Waals surface area contributed by atoms with Gasteiger partial charge in [0.2, 0.25) is 0 Å². The van der Waals surface area contributed by atoms with E-state index in [-0.39, 0.29) is 82.4 Å². The number of aromatic nitrogens is 6. The Bertz CT molecular complexity index is 1590. The second-order valence-electron chi connectivity index (χ2n) is 9.92. The number of hydrogen-bond donors (Lipinski definition) is 0. The van der Waals surface area contributed by atoms with Gasteiger partial charge in [0.05, 0.1) is 11.5 Å². The van der Waals surface area contributed by atoms with E-state index in [0.717, 1.165) is 40.9 Å². The number of esters is 1. The molecule has 2 aromatic heterocycles. The Labute approximate surface area is 310 Å². The molecule has 4 aromatic rings. The first-order valence-electron chi connectivity index (χ1n) is 14.1.